The summed E-state index contributed by atoms with van der Waals surface area (Å²) in [5.41, 5.74) is 0. The molecule has 2 rings (SSSR count). The fourth-order valence-electron chi connectivity index (χ4n) is 2.74. The minimum Gasteiger partial charge on any atom is -0.344 e. The van der Waals surface area contributed by atoms with Crippen molar-refractivity contribution in [1.82, 2.24) is 15.1 Å². The lowest BCUT2D eigenvalue weighted by Crippen LogP contribution is -2.38. The van der Waals surface area contributed by atoms with Crippen molar-refractivity contribution >= 4 is 5.91 Å². The van der Waals surface area contributed by atoms with Crippen molar-refractivity contribution in [3.05, 3.63) is 0 Å². The van der Waals surface area contributed by atoms with Gasteiger partial charge in [0.1, 0.15) is 0 Å². The molecule has 0 radical (unpaired) electrons. The molecule has 17 heavy (non-hydrogen) atoms. The molecule has 1 amide bonds. The average Bonchev–Trinajstić information content (AvgIpc) is 2.86. The molecule has 0 aromatic rings. The van der Waals surface area contributed by atoms with Crippen LogP contribution in [0.1, 0.15) is 6.42 Å². The number of likely N-dealkylation sites (tertiary alicyclic amines) is 1. The van der Waals surface area contributed by atoms with E-state index in [2.05, 4.69) is 16.3 Å². The smallest absolute Gasteiger partial charge is 0.236 e. The third-order valence-electron chi connectivity index (χ3n) is 3.81. The first-order valence-electron chi connectivity index (χ1n) is 6.24. The molecular formula is C12H20N4O. The number of rotatable bonds is 4. The summed E-state index contributed by atoms with van der Waals surface area (Å²) in [5, 5.41) is 11.9. The molecule has 5 heteroatoms. The number of nitriles is 1. The lowest BCUT2D eigenvalue weighted by Gasteiger charge is -2.21. The Labute approximate surface area is 102 Å². The number of carbonyl (C=O) groups excluding carboxylic acids is 1. The Kier molecular flexibility index (Phi) is 3.97. The van der Waals surface area contributed by atoms with Crippen LogP contribution in [-0.4, -0.2) is 62.0 Å². The van der Waals surface area contributed by atoms with E-state index in [1.54, 1.807) is 11.9 Å². The minimum atomic E-state index is 0.133. The van der Waals surface area contributed by atoms with Crippen LogP contribution < -0.4 is 5.32 Å². The van der Waals surface area contributed by atoms with Crippen LogP contribution in [0.5, 0.6) is 0 Å². The van der Waals surface area contributed by atoms with E-state index in [0.29, 0.717) is 19.5 Å². The van der Waals surface area contributed by atoms with Gasteiger partial charge in [-0.2, -0.15) is 5.26 Å². The maximum absolute atomic E-state index is 11.9. The van der Waals surface area contributed by atoms with E-state index in [0.717, 1.165) is 38.0 Å². The molecule has 0 saturated carbocycles. The van der Waals surface area contributed by atoms with Crippen LogP contribution in [0.4, 0.5) is 0 Å². The third-order valence-corrected chi connectivity index (χ3v) is 3.81. The number of hydrogen-bond acceptors (Lipinski definition) is 4. The van der Waals surface area contributed by atoms with Gasteiger partial charge >= 0.3 is 0 Å². The topological polar surface area (TPSA) is 59.4 Å². The molecule has 0 bridgehead atoms. The molecule has 2 unspecified atom stereocenters. The molecule has 1 N–H and O–H groups in total. The maximum Gasteiger partial charge on any atom is 0.236 e. The van der Waals surface area contributed by atoms with Crippen molar-refractivity contribution in [2.75, 3.05) is 46.3 Å². The Morgan fingerprint density at radius 3 is 2.71 bits per heavy atom. The van der Waals surface area contributed by atoms with E-state index >= 15 is 0 Å². The van der Waals surface area contributed by atoms with Gasteiger partial charge in [0.2, 0.25) is 5.91 Å². The minimum absolute atomic E-state index is 0.133. The molecule has 2 heterocycles. The number of nitrogens with zero attached hydrogens (tertiary/aromatic N) is 3. The van der Waals surface area contributed by atoms with Crippen LogP contribution in [0.15, 0.2) is 0 Å². The molecular weight excluding hydrogens is 216 g/mol. The summed E-state index contributed by atoms with van der Waals surface area (Å²) < 4.78 is 0. The summed E-state index contributed by atoms with van der Waals surface area (Å²) in [6.07, 6.45) is 0.414. The molecule has 2 atom stereocenters. The second kappa shape index (κ2) is 5.48. The van der Waals surface area contributed by atoms with Crippen LogP contribution in [-0.2, 0) is 4.79 Å². The van der Waals surface area contributed by atoms with Crippen molar-refractivity contribution in [1.29, 1.82) is 5.26 Å². The van der Waals surface area contributed by atoms with E-state index in [4.69, 9.17) is 5.26 Å². The number of fused-ring (bicyclic) bond motifs is 1. The Morgan fingerprint density at radius 1 is 1.47 bits per heavy atom. The fraction of sp³-hybridized carbons (Fsp3) is 0.833. The van der Waals surface area contributed by atoms with Crippen LogP contribution in [0.25, 0.3) is 0 Å². The Bertz CT molecular complexity index is 313. The molecule has 0 aromatic heterocycles. The normalized spacial score (nSPS) is 27.8. The van der Waals surface area contributed by atoms with Crippen molar-refractivity contribution in [3.8, 4) is 6.07 Å². The maximum atomic E-state index is 11.9. The number of carbonyl (C=O) groups is 1. The van der Waals surface area contributed by atoms with Crippen LogP contribution in [0, 0.1) is 23.2 Å². The van der Waals surface area contributed by atoms with E-state index in [-0.39, 0.29) is 5.91 Å². The highest BCUT2D eigenvalue weighted by Gasteiger charge is 2.36. The average molecular weight is 236 g/mol. The van der Waals surface area contributed by atoms with Crippen molar-refractivity contribution in [2.24, 2.45) is 11.8 Å². The van der Waals surface area contributed by atoms with E-state index in [9.17, 15) is 4.79 Å². The summed E-state index contributed by atoms with van der Waals surface area (Å²) in [4.78, 5) is 15.8. The summed E-state index contributed by atoms with van der Waals surface area (Å²) >= 11 is 0. The van der Waals surface area contributed by atoms with Crippen LogP contribution in [0.2, 0.25) is 0 Å². The predicted molar refractivity (Wildman–Crippen MR) is 64.2 cm³/mol. The summed E-state index contributed by atoms with van der Waals surface area (Å²) in [6.45, 7) is 5.32. The summed E-state index contributed by atoms with van der Waals surface area (Å²) in [7, 11) is 1.78. The van der Waals surface area contributed by atoms with E-state index in [1.807, 2.05) is 0 Å². The molecule has 2 aliphatic rings. The highest BCUT2D eigenvalue weighted by atomic mass is 16.2. The first kappa shape index (κ1) is 12.3. The molecule has 0 spiro atoms. The molecule has 2 aliphatic heterocycles. The molecule has 2 saturated heterocycles. The quantitative estimate of drug-likeness (QED) is 0.715. The zero-order valence-corrected chi connectivity index (χ0v) is 10.4. The predicted octanol–water partition coefficient (Wildman–Crippen LogP) is -0.490. The van der Waals surface area contributed by atoms with Gasteiger partial charge in [-0.05, 0) is 24.9 Å². The van der Waals surface area contributed by atoms with Crippen molar-refractivity contribution < 1.29 is 4.79 Å². The summed E-state index contributed by atoms with van der Waals surface area (Å²) in [6, 6.07) is 2.06. The van der Waals surface area contributed by atoms with Gasteiger partial charge in [0.25, 0.3) is 0 Å². The molecule has 0 aliphatic carbocycles. The SMILES string of the molecule is CN(CCC#N)C(=O)CN1CC2CNCC2C1. The van der Waals surface area contributed by atoms with Gasteiger partial charge in [-0.15, -0.1) is 0 Å². The highest BCUT2D eigenvalue weighted by Crippen LogP contribution is 2.25. The van der Waals surface area contributed by atoms with Gasteiger partial charge in [0.15, 0.2) is 0 Å². The van der Waals surface area contributed by atoms with Gasteiger partial charge < -0.3 is 10.2 Å². The van der Waals surface area contributed by atoms with Gasteiger partial charge in [-0.3, -0.25) is 9.69 Å². The zero-order valence-electron chi connectivity index (χ0n) is 10.4. The van der Waals surface area contributed by atoms with Crippen molar-refractivity contribution in [2.45, 2.75) is 6.42 Å². The Hall–Kier alpha value is -1.12. The molecule has 0 aromatic carbocycles. The van der Waals surface area contributed by atoms with E-state index in [1.165, 1.54) is 0 Å². The summed E-state index contributed by atoms with van der Waals surface area (Å²) in [5.74, 6) is 1.59. The second-order valence-electron chi connectivity index (χ2n) is 5.10. The number of nitrogens with one attached hydrogen (secondary N) is 1. The second-order valence-corrected chi connectivity index (χ2v) is 5.10. The molecule has 5 nitrogen and oxygen atoms in total. The Balaban J connectivity index is 1.74. The highest BCUT2D eigenvalue weighted by molar-refractivity contribution is 5.78. The largest absolute Gasteiger partial charge is 0.344 e. The lowest BCUT2D eigenvalue weighted by molar-refractivity contribution is -0.130. The third kappa shape index (κ3) is 2.96. The first-order chi connectivity index (χ1) is 8.20. The van der Waals surface area contributed by atoms with Crippen LogP contribution in [0.3, 0.4) is 0 Å². The number of hydrogen-bond donors (Lipinski definition) is 1. The Morgan fingerprint density at radius 2 is 2.12 bits per heavy atom. The number of likely N-dealkylation sites (N-methyl/N-ethyl adjacent to an activating group) is 1. The number of amides is 1. The lowest BCUT2D eigenvalue weighted by atomic mass is 10.0. The first-order valence-corrected chi connectivity index (χ1v) is 6.24. The van der Waals surface area contributed by atoms with Gasteiger partial charge in [0, 0.05) is 26.7 Å². The zero-order chi connectivity index (χ0) is 12.3. The molecule has 2 fully saturated rings. The monoisotopic (exact) mass is 236 g/mol. The molecule has 94 valence electrons. The fourth-order valence-corrected chi connectivity index (χ4v) is 2.74. The van der Waals surface area contributed by atoms with Crippen LogP contribution >= 0.6 is 0 Å². The van der Waals surface area contributed by atoms with Gasteiger partial charge in [-0.25, -0.2) is 0 Å². The van der Waals surface area contributed by atoms with E-state index < -0.39 is 0 Å². The van der Waals surface area contributed by atoms with Crippen molar-refractivity contribution in [3.63, 3.8) is 0 Å². The van der Waals surface area contributed by atoms with Gasteiger partial charge in [0.05, 0.1) is 19.0 Å². The standard InChI is InChI=1S/C12H20N4O/c1-15(4-2-3-13)12(17)9-16-7-10-5-14-6-11(10)8-16/h10-11,14H,2,4-9H2,1H3. The van der Waals surface area contributed by atoms with Gasteiger partial charge in [-0.1, -0.05) is 0 Å².